The molecule has 3 rings (SSSR count). The molecule has 3 fully saturated rings. The molecule has 2 aliphatic heterocycles. The quantitative estimate of drug-likeness (QED) is 0.759. The van der Waals surface area contributed by atoms with Gasteiger partial charge in [0.1, 0.15) is 0 Å². The van der Waals surface area contributed by atoms with Gasteiger partial charge in [0.25, 0.3) is 5.92 Å². The lowest BCUT2D eigenvalue weighted by Gasteiger charge is -2.42. The summed E-state index contributed by atoms with van der Waals surface area (Å²) in [5.74, 6) is -3.27. The monoisotopic (exact) mass is 322 g/mol. The van der Waals surface area contributed by atoms with Crippen molar-refractivity contribution in [2.75, 3.05) is 32.4 Å². The molecule has 2 saturated heterocycles. The zero-order valence-electron chi connectivity index (χ0n) is 12.0. The maximum Gasteiger partial charge on any atom is 0.282 e. The van der Waals surface area contributed by atoms with E-state index in [9.17, 15) is 22.0 Å². The zero-order chi connectivity index (χ0) is 15.5. The van der Waals surface area contributed by atoms with E-state index in [1.807, 2.05) is 0 Å². The molecule has 1 saturated carbocycles. The predicted molar refractivity (Wildman–Crippen MR) is 72.3 cm³/mol. The third-order valence-corrected chi connectivity index (χ3v) is 6.43. The Morgan fingerprint density at radius 1 is 1.19 bits per heavy atom. The SMILES string of the molecule is CS(=O)(=O)N1CCC2(CCCC2C(=O)N2CC(F)(F)C2)C1. The van der Waals surface area contributed by atoms with Crippen molar-refractivity contribution in [1.29, 1.82) is 0 Å². The lowest BCUT2D eigenvalue weighted by atomic mass is 9.76. The van der Waals surface area contributed by atoms with Crippen LogP contribution in [0.1, 0.15) is 25.7 Å². The topological polar surface area (TPSA) is 57.7 Å². The molecule has 0 radical (unpaired) electrons. The molecule has 21 heavy (non-hydrogen) atoms. The minimum Gasteiger partial charge on any atom is -0.330 e. The Kier molecular flexibility index (Phi) is 3.33. The van der Waals surface area contributed by atoms with E-state index in [-0.39, 0.29) is 17.2 Å². The highest BCUT2D eigenvalue weighted by Gasteiger charge is 2.55. The molecule has 0 N–H and O–H groups in total. The van der Waals surface area contributed by atoms with Gasteiger partial charge in [0.2, 0.25) is 15.9 Å². The van der Waals surface area contributed by atoms with E-state index in [4.69, 9.17) is 0 Å². The number of hydrogen-bond donors (Lipinski definition) is 0. The summed E-state index contributed by atoms with van der Waals surface area (Å²) in [7, 11) is -3.26. The van der Waals surface area contributed by atoms with Gasteiger partial charge in [0.15, 0.2) is 0 Å². The summed E-state index contributed by atoms with van der Waals surface area (Å²) < 4.78 is 50.6. The van der Waals surface area contributed by atoms with Crippen LogP contribution in [0, 0.1) is 11.3 Å². The average Bonchev–Trinajstić information content (AvgIpc) is 2.93. The van der Waals surface area contributed by atoms with Crippen molar-refractivity contribution >= 4 is 15.9 Å². The number of sulfonamides is 1. The van der Waals surface area contributed by atoms with E-state index in [1.165, 1.54) is 15.5 Å². The number of carbonyl (C=O) groups excluding carboxylic acids is 1. The first-order valence-electron chi connectivity index (χ1n) is 7.25. The first kappa shape index (κ1) is 15.1. The fourth-order valence-electron chi connectivity index (χ4n) is 4.04. The predicted octanol–water partition coefficient (Wildman–Crippen LogP) is 0.916. The van der Waals surface area contributed by atoms with Gasteiger partial charge in [0, 0.05) is 19.0 Å². The number of nitrogens with zero attached hydrogens (tertiary/aromatic N) is 2. The maximum absolute atomic E-state index is 12.9. The molecule has 2 heterocycles. The van der Waals surface area contributed by atoms with Crippen LogP contribution in [0.2, 0.25) is 0 Å². The fourth-order valence-corrected chi connectivity index (χ4v) is 4.96. The van der Waals surface area contributed by atoms with Gasteiger partial charge in [-0.2, -0.15) is 0 Å². The van der Waals surface area contributed by atoms with Crippen LogP contribution in [0.5, 0.6) is 0 Å². The van der Waals surface area contributed by atoms with Crippen molar-refractivity contribution in [3.8, 4) is 0 Å². The van der Waals surface area contributed by atoms with E-state index >= 15 is 0 Å². The molecular formula is C13H20F2N2O3S. The lowest BCUT2D eigenvalue weighted by Crippen LogP contribution is -2.60. The molecule has 0 aromatic rings. The van der Waals surface area contributed by atoms with Crippen LogP contribution < -0.4 is 0 Å². The summed E-state index contributed by atoms with van der Waals surface area (Å²) in [6.07, 6.45) is 4.17. The summed E-state index contributed by atoms with van der Waals surface area (Å²) in [5, 5.41) is 0. The van der Waals surface area contributed by atoms with Crippen molar-refractivity contribution in [2.45, 2.75) is 31.6 Å². The van der Waals surface area contributed by atoms with Crippen molar-refractivity contribution in [2.24, 2.45) is 11.3 Å². The molecule has 0 aromatic heterocycles. The van der Waals surface area contributed by atoms with Gasteiger partial charge in [-0.25, -0.2) is 21.5 Å². The second-order valence-corrected chi connectivity index (χ2v) is 8.69. The largest absolute Gasteiger partial charge is 0.330 e. The smallest absolute Gasteiger partial charge is 0.282 e. The number of carbonyl (C=O) groups is 1. The van der Waals surface area contributed by atoms with Crippen molar-refractivity contribution < 1.29 is 22.0 Å². The van der Waals surface area contributed by atoms with Crippen molar-refractivity contribution in [3.05, 3.63) is 0 Å². The summed E-state index contributed by atoms with van der Waals surface area (Å²) >= 11 is 0. The summed E-state index contributed by atoms with van der Waals surface area (Å²) in [6, 6.07) is 0. The Balaban J connectivity index is 1.73. The molecule has 0 bridgehead atoms. The second kappa shape index (κ2) is 4.62. The highest BCUT2D eigenvalue weighted by Crippen LogP contribution is 2.51. The Morgan fingerprint density at radius 2 is 1.86 bits per heavy atom. The highest BCUT2D eigenvalue weighted by atomic mass is 32.2. The molecular weight excluding hydrogens is 302 g/mol. The van der Waals surface area contributed by atoms with E-state index < -0.39 is 29.0 Å². The van der Waals surface area contributed by atoms with Gasteiger partial charge in [-0.1, -0.05) is 6.42 Å². The van der Waals surface area contributed by atoms with Gasteiger partial charge in [-0.15, -0.1) is 0 Å². The molecule has 120 valence electrons. The number of hydrogen-bond acceptors (Lipinski definition) is 3. The van der Waals surface area contributed by atoms with Gasteiger partial charge in [-0.05, 0) is 24.7 Å². The Labute approximate surface area is 123 Å². The van der Waals surface area contributed by atoms with Gasteiger partial charge < -0.3 is 4.90 Å². The van der Waals surface area contributed by atoms with E-state index in [1.54, 1.807) is 0 Å². The number of halogens is 2. The first-order valence-corrected chi connectivity index (χ1v) is 9.10. The number of alkyl halides is 2. The van der Waals surface area contributed by atoms with Crippen molar-refractivity contribution in [1.82, 2.24) is 9.21 Å². The number of rotatable bonds is 2. The molecule has 2 unspecified atom stereocenters. The molecule has 2 atom stereocenters. The Hall–Kier alpha value is -0.760. The molecule has 3 aliphatic rings. The second-order valence-electron chi connectivity index (χ2n) is 6.70. The molecule has 0 aromatic carbocycles. The third-order valence-electron chi connectivity index (χ3n) is 5.18. The number of likely N-dealkylation sites (tertiary alicyclic amines) is 1. The molecule has 5 nitrogen and oxygen atoms in total. The Bertz CT molecular complexity index is 558. The van der Waals surface area contributed by atoms with Crippen LogP contribution in [0.3, 0.4) is 0 Å². The minimum absolute atomic E-state index is 0.214. The van der Waals surface area contributed by atoms with Gasteiger partial charge in [-0.3, -0.25) is 4.79 Å². The van der Waals surface area contributed by atoms with E-state index in [0.29, 0.717) is 25.9 Å². The molecule has 8 heteroatoms. The first-order chi connectivity index (χ1) is 9.63. The van der Waals surface area contributed by atoms with Crippen LogP contribution in [-0.2, 0) is 14.8 Å². The fraction of sp³-hybridized carbons (Fsp3) is 0.923. The molecule has 1 amide bonds. The molecule has 1 spiro atoms. The molecule has 1 aliphatic carbocycles. The lowest BCUT2D eigenvalue weighted by molar-refractivity contribution is -0.172. The Morgan fingerprint density at radius 3 is 2.38 bits per heavy atom. The summed E-state index contributed by atoms with van der Waals surface area (Å²) in [4.78, 5) is 13.7. The van der Waals surface area contributed by atoms with Crippen LogP contribution >= 0.6 is 0 Å². The van der Waals surface area contributed by atoms with Crippen LogP contribution in [-0.4, -0.2) is 61.9 Å². The van der Waals surface area contributed by atoms with Crippen molar-refractivity contribution in [3.63, 3.8) is 0 Å². The van der Waals surface area contributed by atoms with E-state index in [0.717, 1.165) is 12.8 Å². The summed E-state index contributed by atoms with van der Waals surface area (Å²) in [6.45, 7) is -0.201. The van der Waals surface area contributed by atoms with Gasteiger partial charge in [0.05, 0.1) is 19.3 Å². The van der Waals surface area contributed by atoms with E-state index in [2.05, 4.69) is 0 Å². The highest BCUT2D eigenvalue weighted by molar-refractivity contribution is 7.88. The van der Waals surface area contributed by atoms with Crippen LogP contribution in [0.25, 0.3) is 0 Å². The zero-order valence-corrected chi connectivity index (χ0v) is 12.8. The number of amides is 1. The minimum atomic E-state index is -3.26. The maximum atomic E-state index is 12.9. The summed E-state index contributed by atoms with van der Waals surface area (Å²) in [5.41, 5.74) is -0.342. The standard InChI is InChI=1S/C13H20F2N2O3S/c1-21(19,20)17-6-5-12(7-17)4-2-3-10(12)11(18)16-8-13(14,15)9-16/h10H,2-9H2,1H3. The third kappa shape index (κ3) is 2.56. The average molecular weight is 322 g/mol. The van der Waals surface area contributed by atoms with Gasteiger partial charge >= 0.3 is 0 Å². The van der Waals surface area contributed by atoms with Crippen LogP contribution in [0.4, 0.5) is 8.78 Å². The normalized spacial score (nSPS) is 36.1. The van der Waals surface area contributed by atoms with Crippen LogP contribution in [0.15, 0.2) is 0 Å².